The van der Waals surface area contributed by atoms with Crippen molar-refractivity contribution in [2.75, 3.05) is 0 Å². The Bertz CT molecular complexity index is 3150. The van der Waals surface area contributed by atoms with Crippen molar-refractivity contribution >= 4 is 64.1 Å². The molecular weight excluding hydrogens is 675 g/mol. The molecule has 0 atom stereocenters. The van der Waals surface area contributed by atoms with Gasteiger partial charge in [-0.15, -0.1) is 11.3 Å². The number of hydrogen-bond acceptors (Lipinski definition) is 3. The lowest BCUT2D eigenvalue weighted by Gasteiger charge is -2.13. The van der Waals surface area contributed by atoms with Crippen molar-refractivity contribution in [1.82, 2.24) is 14.5 Å². The number of hydrogen-bond donors (Lipinski definition) is 0. The summed E-state index contributed by atoms with van der Waals surface area (Å²) in [6, 6.07) is 67.3. The summed E-state index contributed by atoms with van der Waals surface area (Å²) in [6.45, 7) is 0. The number of fused-ring (bicyclic) bond motifs is 7. The number of thiophene rings is 1. The van der Waals surface area contributed by atoms with Crippen LogP contribution in [0.15, 0.2) is 188 Å². The van der Waals surface area contributed by atoms with E-state index in [1.807, 2.05) is 23.5 Å². The SMILES string of the molecule is c1ccc(-c2cc(-c3ccccc3)nc(-n3c4ccccc4c4cc(-c5cccc6c(-c7ccc8sc9ccccc9c8c7)cccc56)ccc43)n2)cc1. The van der Waals surface area contributed by atoms with E-state index in [-0.39, 0.29) is 0 Å². The lowest BCUT2D eigenvalue weighted by atomic mass is 9.92. The monoisotopic (exact) mass is 705 g/mol. The van der Waals surface area contributed by atoms with Crippen molar-refractivity contribution in [3.05, 3.63) is 188 Å². The third kappa shape index (κ3) is 4.96. The maximum absolute atomic E-state index is 5.22. The highest BCUT2D eigenvalue weighted by molar-refractivity contribution is 7.25. The summed E-state index contributed by atoms with van der Waals surface area (Å²) in [5.41, 5.74) is 10.9. The van der Waals surface area contributed by atoms with E-state index in [1.165, 1.54) is 64.0 Å². The van der Waals surface area contributed by atoms with Gasteiger partial charge >= 0.3 is 0 Å². The van der Waals surface area contributed by atoms with Crippen LogP contribution in [0.2, 0.25) is 0 Å². The van der Waals surface area contributed by atoms with Crippen LogP contribution >= 0.6 is 11.3 Å². The van der Waals surface area contributed by atoms with Gasteiger partial charge in [-0.1, -0.05) is 146 Å². The second kappa shape index (κ2) is 12.4. The van der Waals surface area contributed by atoms with Crippen LogP contribution in [-0.4, -0.2) is 14.5 Å². The number of rotatable bonds is 5. The predicted octanol–water partition coefficient (Wildman–Crippen LogP) is 13.8. The fourth-order valence-corrected chi connectivity index (χ4v) is 9.20. The van der Waals surface area contributed by atoms with Gasteiger partial charge in [0.15, 0.2) is 0 Å². The predicted molar refractivity (Wildman–Crippen MR) is 229 cm³/mol. The molecule has 3 aromatic heterocycles. The minimum absolute atomic E-state index is 0.652. The molecule has 11 rings (SSSR count). The zero-order valence-corrected chi connectivity index (χ0v) is 30.0. The summed E-state index contributed by atoms with van der Waals surface area (Å²) in [4.78, 5) is 10.4. The standard InChI is InChI=1S/C50H31N3S/c1-3-13-32(14-4-1)44-31-45(33-15-5-2-6-16-33)52-50(51-44)53-46-23-9-7-17-40(46)42-29-34(25-27-47(42)53)36-19-11-22-39-37(20-12-21-38(36)39)35-26-28-49-43(30-35)41-18-8-10-24-48(41)54-49/h1-31H. The van der Waals surface area contributed by atoms with E-state index in [1.54, 1.807) is 0 Å². The maximum Gasteiger partial charge on any atom is 0.235 e. The first-order chi connectivity index (χ1) is 26.8. The molecule has 3 heterocycles. The van der Waals surface area contributed by atoms with Crippen molar-refractivity contribution in [3.63, 3.8) is 0 Å². The Balaban J connectivity index is 1.09. The van der Waals surface area contributed by atoms with E-state index in [0.717, 1.165) is 33.5 Å². The number of aromatic nitrogens is 3. The Labute approximate surface area is 316 Å². The Morgan fingerprint density at radius 1 is 0.333 bits per heavy atom. The Hall–Kier alpha value is -6.88. The number of benzene rings is 8. The average Bonchev–Trinajstić information content (AvgIpc) is 3.79. The molecule has 0 aliphatic rings. The van der Waals surface area contributed by atoms with Crippen LogP contribution in [-0.2, 0) is 0 Å². The number of nitrogens with zero attached hydrogens (tertiary/aromatic N) is 3. The van der Waals surface area contributed by atoms with Gasteiger partial charge < -0.3 is 0 Å². The van der Waals surface area contributed by atoms with Crippen LogP contribution < -0.4 is 0 Å². The molecule has 252 valence electrons. The van der Waals surface area contributed by atoms with E-state index in [2.05, 4.69) is 180 Å². The molecule has 0 saturated carbocycles. The van der Waals surface area contributed by atoms with E-state index < -0.39 is 0 Å². The number of para-hydroxylation sites is 1. The smallest absolute Gasteiger partial charge is 0.235 e. The van der Waals surface area contributed by atoms with Crippen LogP contribution in [0, 0.1) is 0 Å². The lowest BCUT2D eigenvalue weighted by Crippen LogP contribution is -2.03. The van der Waals surface area contributed by atoms with E-state index in [0.29, 0.717) is 5.95 Å². The minimum Gasteiger partial charge on any atom is -0.278 e. The third-order valence-electron chi connectivity index (χ3n) is 10.6. The largest absolute Gasteiger partial charge is 0.278 e. The third-order valence-corrected chi connectivity index (χ3v) is 11.8. The summed E-state index contributed by atoms with van der Waals surface area (Å²) in [5, 5.41) is 7.46. The first kappa shape index (κ1) is 30.7. The zero-order valence-electron chi connectivity index (χ0n) is 29.1. The highest BCUT2D eigenvalue weighted by Gasteiger charge is 2.18. The molecule has 8 aromatic carbocycles. The average molecular weight is 706 g/mol. The van der Waals surface area contributed by atoms with Gasteiger partial charge in [0.05, 0.1) is 22.4 Å². The molecule has 0 saturated heterocycles. The van der Waals surface area contributed by atoms with Crippen molar-refractivity contribution in [2.45, 2.75) is 0 Å². The first-order valence-electron chi connectivity index (χ1n) is 18.2. The van der Waals surface area contributed by atoms with Gasteiger partial charge in [-0.25, -0.2) is 9.97 Å². The summed E-state index contributed by atoms with van der Waals surface area (Å²) in [6.07, 6.45) is 0. The van der Waals surface area contributed by atoms with Gasteiger partial charge in [0.2, 0.25) is 5.95 Å². The molecule has 0 fully saturated rings. The molecule has 0 aliphatic heterocycles. The van der Waals surface area contributed by atoms with Gasteiger partial charge in [-0.2, -0.15) is 0 Å². The molecule has 0 amide bonds. The zero-order chi connectivity index (χ0) is 35.6. The molecule has 0 unspecified atom stereocenters. The van der Waals surface area contributed by atoms with E-state index >= 15 is 0 Å². The Kier molecular flexibility index (Phi) is 7.04. The molecule has 0 aliphatic carbocycles. The van der Waals surface area contributed by atoms with Crippen molar-refractivity contribution in [2.24, 2.45) is 0 Å². The van der Waals surface area contributed by atoms with E-state index in [4.69, 9.17) is 9.97 Å². The van der Waals surface area contributed by atoms with Gasteiger partial charge in [-0.05, 0) is 75.5 Å². The first-order valence-corrected chi connectivity index (χ1v) is 19.1. The van der Waals surface area contributed by atoms with Crippen LogP contribution in [0.1, 0.15) is 0 Å². The van der Waals surface area contributed by atoms with Gasteiger partial charge in [0.25, 0.3) is 0 Å². The van der Waals surface area contributed by atoms with Gasteiger partial charge in [-0.3, -0.25) is 4.57 Å². The Morgan fingerprint density at radius 2 is 0.852 bits per heavy atom. The van der Waals surface area contributed by atoms with Crippen LogP contribution in [0.5, 0.6) is 0 Å². The van der Waals surface area contributed by atoms with Crippen molar-refractivity contribution in [1.29, 1.82) is 0 Å². The molecule has 0 radical (unpaired) electrons. The summed E-state index contributed by atoms with van der Waals surface area (Å²) < 4.78 is 4.87. The highest BCUT2D eigenvalue weighted by Crippen LogP contribution is 2.41. The molecule has 0 spiro atoms. The molecule has 0 bridgehead atoms. The fraction of sp³-hybridized carbons (Fsp3) is 0. The van der Waals surface area contributed by atoms with Crippen LogP contribution in [0.4, 0.5) is 0 Å². The van der Waals surface area contributed by atoms with Crippen molar-refractivity contribution < 1.29 is 0 Å². The molecule has 3 nitrogen and oxygen atoms in total. The molecule has 11 aromatic rings. The molecule has 54 heavy (non-hydrogen) atoms. The fourth-order valence-electron chi connectivity index (χ4n) is 8.11. The quantitative estimate of drug-likeness (QED) is 0.178. The molecular formula is C50H31N3S. The summed E-state index contributed by atoms with van der Waals surface area (Å²) in [7, 11) is 0. The lowest BCUT2D eigenvalue weighted by molar-refractivity contribution is 0.995. The van der Waals surface area contributed by atoms with Crippen molar-refractivity contribution in [3.8, 4) is 50.7 Å². The van der Waals surface area contributed by atoms with Crippen LogP contribution in [0.3, 0.4) is 0 Å². The maximum atomic E-state index is 5.22. The normalized spacial score (nSPS) is 11.7. The van der Waals surface area contributed by atoms with Gasteiger partial charge in [0.1, 0.15) is 0 Å². The minimum atomic E-state index is 0.652. The summed E-state index contributed by atoms with van der Waals surface area (Å²) in [5.74, 6) is 0.652. The van der Waals surface area contributed by atoms with Gasteiger partial charge in [0, 0.05) is 42.1 Å². The molecule has 0 N–H and O–H groups in total. The highest BCUT2D eigenvalue weighted by atomic mass is 32.1. The van der Waals surface area contributed by atoms with Crippen LogP contribution in [0.25, 0.3) is 103 Å². The summed E-state index contributed by atoms with van der Waals surface area (Å²) >= 11 is 1.86. The second-order valence-corrected chi connectivity index (χ2v) is 14.9. The Morgan fingerprint density at radius 3 is 1.54 bits per heavy atom. The molecule has 4 heteroatoms. The van der Waals surface area contributed by atoms with E-state index in [9.17, 15) is 0 Å². The topological polar surface area (TPSA) is 30.7 Å². The second-order valence-electron chi connectivity index (χ2n) is 13.8.